The van der Waals surface area contributed by atoms with Crippen molar-refractivity contribution in [3.8, 4) is 5.75 Å². The van der Waals surface area contributed by atoms with E-state index < -0.39 is 0 Å². The summed E-state index contributed by atoms with van der Waals surface area (Å²) < 4.78 is 19.2. The molecule has 0 spiro atoms. The Morgan fingerprint density at radius 3 is 2.43 bits per heavy atom. The topological polar surface area (TPSA) is 74.8 Å². The van der Waals surface area contributed by atoms with E-state index in [1.54, 1.807) is 44.4 Å². The summed E-state index contributed by atoms with van der Waals surface area (Å²) in [4.78, 5) is 15.7. The Morgan fingerprint density at radius 2 is 1.82 bits per heavy atom. The third-order valence-electron chi connectivity index (χ3n) is 3.85. The van der Waals surface area contributed by atoms with Crippen molar-refractivity contribution in [2.24, 2.45) is 4.99 Å². The van der Waals surface area contributed by atoms with Crippen LogP contribution in [0.2, 0.25) is 0 Å². The van der Waals surface area contributed by atoms with Crippen LogP contribution in [0.1, 0.15) is 22.8 Å². The second kappa shape index (κ2) is 12.2. The third-order valence-corrected chi connectivity index (χ3v) is 3.85. The van der Waals surface area contributed by atoms with E-state index in [2.05, 4.69) is 20.9 Å². The molecule has 3 N–H and O–H groups in total. The third kappa shape index (κ3) is 7.34. The van der Waals surface area contributed by atoms with Gasteiger partial charge >= 0.3 is 0 Å². The lowest BCUT2D eigenvalue weighted by Gasteiger charge is -2.18. The van der Waals surface area contributed by atoms with Gasteiger partial charge in [0.2, 0.25) is 0 Å². The molecule has 0 heterocycles. The van der Waals surface area contributed by atoms with Gasteiger partial charge in [0.05, 0.1) is 6.54 Å². The second-order valence-corrected chi connectivity index (χ2v) is 5.94. The number of hydrogen-bond acceptors (Lipinski definition) is 3. The van der Waals surface area contributed by atoms with Crippen molar-refractivity contribution >= 4 is 35.8 Å². The minimum atomic E-state index is -0.382. The highest BCUT2D eigenvalue weighted by atomic mass is 127. The van der Waals surface area contributed by atoms with Crippen molar-refractivity contribution in [3.05, 3.63) is 65.5 Å². The first-order valence-electron chi connectivity index (χ1n) is 8.70. The molecule has 8 heteroatoms. The summed E-state index contributed by atoms with van der Waals surface area (Å²) in [7, 11) is 3.27. The number of hydrogen-bond donors (Lipinski definition) is 3. The van der Waals surface area contributed by atoms with Gasteiger partial charge in [-0.15, -0.1) is 24.0 Å². The van der Waals surface area contributed by atoms with E-state index in [1.165, 1.54) is 6.07 Å². The average Bonchev–Trinajstić information content (AvgIpc) is 2.69. The van der Waals surface area contributed by atoms with E-state index in [-0.39, 0.29) is 47.6 Å². The molecule has 0 saturated carbocycles. The monoisotopic (exact) mass is 500 g/mol. The maximum atomic E-state index is 13.6. The minimum Gasteiger partial charge on any atom is -0.486 e. The summed E-state index contributed by atoms with van der Waals surface area (Å²) in [6.45, 7) is 2.87. The summed E-state index contributed by atoms with van der Waals surface area (Å²) in [5.41, 5.74) is 1.63. The van der Waals surface area contributed by atoms with Gasteiger partial charge in [-0.2, -0.15) is 0 Å². The van der Waals surface area contributed by atoms with Crippen molar-refractivity contribution in [2.75, 3.05) is 20.6 Å². The first-order valence-corrected chi connectivity index (χ1v) is 8.70. The Hall–Kier alpha value is -2.36. The van der Waals surface area contributed by atoms with Gasteiger partial charge in [0, 0.05) is 26.2 Å². The predicted molar refractivity (Wildman–Crippen MR) is 120 cm³/mol. The van der Waals surface area contributed by atoms with Crippen LogP contribution in [0, 0.1) is 5.82 Å². The number of rotatable bonds is 7. The van der Waals surface area contributed by atoms with Crippen molar-refractivity contribution in [3.63, 3.8) is 0 Å². The van der Waals surface area contributed by atoms with Gasteiger partial charge in [-0.05, 0) is 36.8 Å². The molecule has 0 fully saturated rings. The average molecular weight is 500 g/mol. The number of aliphatic imine (C=N–C) groups is 1. The molecule has 152 valence electrons. The van der Waals surface area contributed by atoms with E-state index in [1.807, 2.05) is 19.1 Å². The summed E-state index contributed by atoms with van der Waals surface area (Å²) in [5, 5.41) is 8.92. The molecular weight excluding hydrogens is 474 g/mol. The van der Waals surface area contributed by atoms with E-state index in [9.17, 15) is 9.18 Å². The van der Waals surface area contributed by atoms with Gasteiger partial charge in [-0.1, -0.05) is 24.3 Å². The van der Waals surface area contributed by atoms with Crippen LogP contribution in [0.4, 0.5) is 4.39 Å². The van der Waals surface area contributed by atoms with Crippen molar-refractivity contribution in [1.82, 2.24) is 16.0 Å². The molecule has 0 aliphatic heterocycles. The Morgan fingerprint density at radius 1 is 1.14 bits per heavy atom. The molecule has 2 aromatic rings. The smallest absolute Gasteiger partial charge is 0.251 e. The Labute approximate surface area is 182 Å². The minimum absolute atomic E-state index is 0. The van der Waals surface area contributed by atoms with Crippen molar-refractivity contribution in [2.45, 2.75) is 19.6 Å². The lowest BCUT2D eigenvalue weighted by Crippen LogP contribution is -2.41. The molecule has 0 saturated heterocycles. The number of nitrogens with zero attached hydrogens (tertiary/aromatic N) is 1. The molecule has 0 aromatic heterocycles. The normalized spacial score (nSPS) is 11.8. The van der Waals surface area contributed by atoms with E-state index in [0.717, 1.165) is 5.56 Å². The Balaban J connectivity index is 0.00000392. The second-order valence-electron chi connectivity index (χ2n) is 5.94. The number of guanidine groups is 1. The zero-order valence-electron chi connectivity index (χ0n) is 16.2. The molecule has 0 aliphatic carbocycles. The van der Waals surface area contributed by atoms with E-state index in [4.69, 9.17) is 4.74 Å². The van der Waals surface area contributed by atoms with Gasteiger partial charge in [0.15, 0.2) is 17.5 Å². The standard InChI is InChI=1S/C20H25FN4O2.HI/c1-14(27-18-7-5-4-6-17(18)21)12-24-20(23-3)25-13-15-8-10-16(11-9-15)19(26)22-2;/h4-11,14H,12-13H2,1-3H3,(H,22,26)(H2,23,24,25);1H. The number of amides is 1. The molecule has 2 aromatic carbocycles. The number of para-hydroxylation sites is 1. The molecule has 1 unspecified atom stereocenters. The zero-order chi connectivity index (χ0) is 19.6. The fourth-order valence-electron chi connectivity index (χ4n) is 2.36. The van der Waals surface area contributed by atoms with Crippen molar-refractivity contribution in [1.29, 1.82) is 0 Å². The van der Waals surface area contributed by atoms with Gasteiger partial charge in [0.25, 0.3) is 5.91 Å². The number of halogens is 2. The molecule has 0 aliphatic rings. The predicted octanol–water partition coefficient (Wildman–Crippen LogP) is 2.94. The largest absolute Gasteiger partial charge is 0.486 e. The number of nitrogens with one attached hydrogen (secondary N) is 3. The quantitative estimate of drug-likeness (QED) is 0.311. The Bertz CT molecular complexity index is 784. The summed E-state index contributed by atoms with van der Waals surface area (Å²) in [6, 6.07) is 13.6. The van der Waals surface area contributed by atoms with Crippen LogP contribution in [0.3, 0.4) is 0 Å². The fourth-order valence-corrected chi connectivity index (χ4v) is 2.36. The number of carbonyl (C=O) groups is 1. The van der Waals surface area contributed by atoms with Crippen LogP contribution in [-0.4, -0.2) is 38.6 Å². The highest BCUT2D eigenvalue weighted by Gasteiger charge is 2.09. The Kier molecular flexibility index (Phi) is 10.3. The van der Waals surface area contributed by atoms with Gasteiger partial charge < -0.3 is 20.7 Å². The van der Waals surface area contributed by atoms with Crippen LogP contribution >= 0.6 is 24.0 Å². The first kappa shape index (κ1) is 23.7. The molecule has 6 nitrogen and oxygen atoms in total. The van der Waals surface area contributed by atoms with E-state index in [0.29, 0.717) is 24.6 Å². The SMILES string of the molecule is CN=C(NCc1ccc(C(=O)NC)cc1)NCC(C)Oc1ccccc1F.I. The maximum absolute atomic E-state index is 13.6. The van der Waals surface area contributed by atoms with Crippen LogP contribution in [0.15, 0.2) is 53.5 Å². The highest BCUT2D eigenvalue weighted by molar-refractivity contribution is 14.0. The van der Waals surface area contributed by atoms with Gasteiger partial charge in [-0.25, -0.2) is 4.39 Å². The maximum Gasteiger partial charge on any atom is 0.251 e. The number of ether oxygens (including phenoxy) is 1. The number of carbonyl (C=O) groups excluding carboxylic acids is 1. The first-order chi connectivity index (χ1) is 13.0. The summed E-state index contributed by atoms with van der Waals surface area (Å²) in [6.07, 6.45) is -0.243. The van der Waals surface area contributed by atoms with Crippen LogP contribution in [-0.2, 0) is 6.54 Å². The molecule has 2 rings (SSSR count). The van der Waals surface area contributed by atoms with Gasteiger partial charge in [0.1, 0.15) is 6.10 Å². The zero-order valence-corrected chi connectivity index (χ0v) is 18.5. The van der Waals surface area contributed by atoms with Crippen LogP contribution in [0.5, 0.6) is 5.75 Å². The molecule has 1 atom stereocenters. The molecule has 1 amide bonds. The number of benzene rings is 2. The molecule has 28 heavy (non-hydrogen) atoms. The van der Waals surface area contributed by atoms with Gasteiger partial charge in [-0.3, -0.25) is 9.79 Å². The van der Waals surface area contributed by atoms with Crippen LogP contribution in [0.25, 0.3) is 0 Å². The lowest BCUT2D eigenvalue weighted by molar-refractivity contribution is 0.0963. The van der Waals surface area contributed by atoms with Crippen molar-refractivity contribution < 1.29 is 13.9 Å². The summed E-state index contributed by atoms with van der Waals surface area (Å²) >= 11 is 0. The molecular formula is C20H26FIN4O2. The summed E-state index contributed by atoms with van der Waals surface area (Å²) in [5.74, 6) is 0.336. The van der Waals surface area contributed by atoms with Crippen LogP contribution < -0.4 is 20.7 Å². The lowest BCUT2D eigenvalue weighted by atomic mass is 10.1. The fraction of sp³-hybridized carbons (Fsp3) is 0.300. The molecule has 0 radical (unpaired) electrons. The van der Waals surface area contributed by atoms with E-state index >= 15 is 0 Å². The highest BCUT2D eigenvalue weighted by Crippen LogP contribution is 2.16. The molecule has 0 bridgehead atoms.